The van der Waals surface area contributed by atoms with Crippen molar-refractivity contribution in [2.75, 3.05) is 13.2 Å². The van der Waals surface area contributed by atoms with Crippen LogP contribution < -0.4 is 0 Å². The van der Waals surface area contributed by atoms with Crippen LogP contribution in [0.3, 0.4) is 0 Å². The molecule has 1 aliphatic rings. The monoisotopic (exact) mass is 454 g/mol. The molecule has 0 aliphatic carbocycles. The quantitative estimate of drug-likeness (QED) is 0.339. The molecular formula is C25H27ClN2O4. The molecule has 1 aromatic heterocycles. The highest BCUT2D eigenvalue weighted by Crippen LogP contribution is 2.39. The Morgan fingerprint density at radius 3 is 2.69 bits per heavy atom. The van der Waals surface area contributed by atoms with Crippen LogP contribution in [0.1, 0.15) is 41.0 Å². The van der Waals surface area contributed by atoms with Crippen LogP contribution in [0.25, 0.3) is 0 Å². The van der Waals surface area contributed by atoms with E-state index in [9.17, 15) is 4.79 Å². The lowest BCUT2D eigenvalue weighted by Gasteiger charge is -2.29. The summed E-state index contributed by atoms with van der Waals surface area (Å²) in [6.45, 7) is 0.487. The van der Waals surface area contributed by atoms with Gasteiger partial charge in [-0.15, -0.1) is 0 Å². The van der Waals surface area contributed by atoms with E-state index in [-0.39, 0.29) is 18.7 Å². The summed E-state index contributed by atoms with van der Waals surface area (Å²) in [6, 6.07) is 16.5. The van der Waals surface area contributed by atoms with Gasteiger partial charge in [-0.25, -0.2) is 9.78 Å². The number of aryl methyl sites for hydroxylation is 2. The number of nitrogens with zero attached hydrogens (tertiary/aromatic N) is 2. The highest BCUT2D eigenvalue weighted by Gasteiger charge is 2.43. The smallest absolute Gasteiger partial charge is 0.338 e. The van der Waals surface area contributed by atoms with Crippen LogP contribution in [0.2, 0.25) is 5.02 Å². The normalized spacial score (nSPS) is 20.4. The molecule has 0 radical (unpaired) electrons. The van der Waals surface area contributed by atoms with Crippen molar-refractivity contribution in [3.63, 3.8) is 0 Å². The molecule has 0 saturated carbocycles. The third-order valence-electron chi connectivity index (χ3n) is 5.63. The molecule has 2 heterocycles. The molecule has 1 fully saturated rings. The van der Waals surface area contributed by atoms with E-state index in [0.29, 0.717) is 23.6 Å². The van der Waals surface area contributed by atoms with Crippen molar-refractivity contribution in [3.8, 4) is 0 Å². The van der Waals surface area contributed by atoms with Crippen LogP contribution in [0.15, 0.2) is 67.0 Å². The van der Waals surface area contributed by atoms with E-state index < -0.39 is 5.79 Å². The van der Waals surface area contributed by atoms with E-state index in [2.05, 4.69) is 4.98 Å². The Bertz CT molecular complexity index is 1020. The number of imidazole rings is 1. The first-order valence-corrected chi connectivity index (χ1v) is 11.2. The molecule has 168 valence electrons. The molecule has 1 aliphatic heterocycles. The van der Waals surface area contributed by atoms with E-state index in [0.717, 1.165) is 30.7 Å². The van der Waals surface area contributed by atoms with Crippen LogP contribution in [0.4, 0.5) is 0 Å². The van der Waals surface area contributed by atoms with Gasteiger partial charge in [0, 0.05) is 42.9 Å². The van der Waals surface area contributed by atoms with Crippen molar-refractivity contribution in [1.82, 2.24) is 9.55 Å². The van der Waals surface area contributed by atoms with Gasteiger partial charge < -0.3 is 18.8 Å². The second-order valence-corrected chi connectivity index (χ2v) is 8.37. The van der Waals surface area contributed by atoms with Crippen LogP contribution >= 0.6 is 11.6 Å². The molecule has 32 heavy (non-hydrogen) atoms. The first-order chi connectivity index (χ1) is 15.6. The fourth-order valence-corrected chi connectivity index (χ4v) is 4.01. The van der Waals surface area contributed by atoms with Gasteiger partial charge in [0.2, 0.25) is 0 Å². The third kappa shape index (κ3) is 5.38. The predicted molar refractivity (Wildman–Crippen MR) is 121 cm³/mol. The highest BCUT2D eigenvalue weighted by molar-refractivity contribution is 6.30. The number of unbranched alkanes of at least 4 members (excludes halogenated alkanes) is 1. The molecule has 3 aromatic rings. The Morgan fingerprint density at radius 1 is 1.19 bits per heavy atom. The minimum absolute atomic E-state index is 0.135. The Balaban J connectivity index is 1.38. The van der Waals surface area contributed by atoms with Gasteiger partial charge in [-0.3, -0.25) is 0 Å². The summed E-state index contributed by atoms with van der Waals surface area (Å²) in [7, 11) is 2.00. The second kappa shape index (κ2) is 10.3. The summed E-state index contributed by atoms with van der Waals surface area (Å²) >= 11 is 6.09. The first kappa shape index (κ1) is 22.5. The maximum atomic E-state index is 12.3. The Labute approximate surface area is 193 Å². The Kier molecular flexibility index (Phi) is 7.25. The molecule has 2 aromatic carbocycles. The van der Waals surface area contributed by atoms with E-state index in [4.69, 9.17) is 25.8 Å². The number of ether oxygens (including phenoxy) is 3. The SMILES string of the molecule is Cn1ccnc1CCCC[C@]1(c2ccc(Cl)cc2)OC[C@H](COC(=O)c2ccccc2)O1. The number of hydrogen-bond donors (Lipinski definition) is 0. The lowest BCUT2D eigenvalue weighted by Crippen LogP contribution is -2.29. The zero-order valence-electron chi connectivity index (χ0n) is 18.1. The molecule has 0 unspecified atom stereocenters. The number of carbonyl (C=O) groups excluding carboxylic acids is 1. The molecule has 6 nitrogen and oxygen atoms in total. The summed E-state index contributed by atoms with van der Waals surface area (Å²) in [4.78, 5) is 16.7. The Hall–Kier alpha value is -2.67. The van der Waals surface area contributed by atoms with Crippen molar-refractivity contribution < 1.29 is 19.0 Å². The molecule has 2 atom stereocenters. The lowest BCUT2D eigenvalue weighted by atomic mass is 9.99. The molecule has 0 spiro atoms. The van der Waals surface area contributed by atoms with Gasteiger partial charge in [-0.1, -0.05) is 41.9 Å². The Morgan fingerprint density at radius 2 is 1.97 bits per heavy atom. The van der Waals surface area contributed by atoms with E-state index in [1.807, 2.05) is 66.5 Å². The second-order valence-electron chi connectivity index (χ2n) is 7.94. The van der Waals surface area contributed by atoms with Gasteiger partial charge in [-0.2, -0.15) is 0 Å². The van der Waals surface area contributed by atoms with Crippen LogP contribution in [0.5, 0.6) is 0 Å². The molecule has 7 heteroatoms. The molecule has 4 rings (SSSR count). The van der Waals surface area contributed by atoms with Gasteiger partial charge in [0.1, 0.15) is 18.5 Å². The fraction of sp³-hybridized carbons (Fsp3) is 0.360. The van der Waals surface area contributed by atoms with Gasteiger partial charge in [-0.05, 0) is 37.1 Å². The summed E-state index contributed by atoms with van der Waals surface area (Å²) < 4.78 is 20.1. The summed E-state index contributed by atoms with van der Waals surface area (Å²) in [5, 5.41) is 0.657. The number of aromatic nitrogens is 2. The number of rotatable bonds is 9. The maximum absolute atomic E-state index is 12.3. The van der Waals surface area contributed by atoms with Crippen LogP contribution in [0, 0.1) is 0 Å². The number of halogens is 1. The van der Waals surface area contributed by atoms with Crippen molar-refractivity contribution in [3.05, 3.63) is 89.0 Å². The molecule has 0 amide bonds. The number of carbonyl (C=O) groups is 1. The molecule has 0 bridgehead atoms. The zero-order valence-corrected chi connectivity index (χ0v) is 18.8. The van der Waals surface area contributed by atoms with E-state index in [1.165, 1.54) is 0 Å². The average Bonchev–Trinajstić information content (AvgIpc) is 3.43. The number of hydrogen-bond acceptors (Lipinski definition) is 5. The van der Waals surface area contributed by atoms with Crippen LogP contribution in [-0.4, -0.2) is 34.8 Å². The first-order valence-electron chi connectivity index (χ1n) is 10.8. The van der Waals surface area contributed by atoms with E-state index >= 15 is 0 Å². The minimum atomic E-state index is -0.879. The maximum Gasteiger partial charge on any atom is 0.338 e. The predicted octanol–water partition coefficient (Wildman–Crippen LogP) is 4.91. The molecule has 1 saturated heterocycles. The summed E-state index contributed by atoms with van der Waals surface area (Å²) in [6.07, 6.45) is 6.85. The number of esters is 1. The van der Waals surface area contributed by atoms with Crippen molar-refractivity contribution in [1.29, 1.82) is 0 Å². The van der Waals surface area contributed by atoms with Crippen molar-refractivity contribution in [2.24, 2.45) is 7.05 Å². The summed E-state index contributed by atoms with van der Waals surface area (Å²) in [5.41, 5.74) is 1.43. The largest absolute Gasteiger partial charge is 0.459 e. The van der Waals surface area contributed by atoms with Gasteiger partial charge in [0.25, 0.3) is 0 Å². The highest BCUT2D eigenvalue weighted by atomic mass is 35.5. The van der Waals surface area contributed by atoms with Gasteiger partial charge in [0.05, 0.1) is 12.2 Å². The van der Waals surface area contributed by atoms with E-state index in [1.54, 1.807) is 12.1 Å². The fourth-order valence-electron chi connectivity index (χ4n) is 3.88. The summed E-state index contributed by atoms with van der Waals surface area (Å²) in [5.74, 6) is -0.187. The van der Waals surface area contributed by atoms with Gasteiger partial charge >= 0.3 is 5.97 Å². The lowest BCUT2D eigenvalue weighted by molar-refractivity contribution is -0.186. The average molecular weight is 455 g/mol. The standard InChI is InChI=1S/C25H27ClN2O4/c1-28-16-15-27-23(28)9-5-6-14-25(20-10-12-21(26)13-11-20)31-18-22(32-25)17-30-24(29)19-7-3-2-4-8-19/h2-4,7-8,10-13,15-16,22H,5-6,9,14,17-18H2,1H3/t22-,25-/m0/s1. The molecular weight excluding hydrogens is 428 g/mol. The minimum Gasteiger partial charge on any atom is -0.459 e. The molecule has 0 N–H and O–H groups in total. The third-order valence-corrected chi connectivity index (χ3v) is 5.88. The van der Waals surface area contributed by atoms with Crippen molar-refractivity contribution >= 4 is 17.6 Å². The van der Waals surface area contributed by atoms with Gasteiger partial charge in [0.15, 0.2) is 5.79 Å². The topological polar surface area (TPSA) is 62.6 Å². The van der Waals surface area contributed by atoms with Crippen molar-refractivity contribution in [2.45, 2.75) is 37.6 Å². The number of benzene rings is 2. The van der Waals surface area contributed by atoms with Crippen LogP contribution in [-0.2, 0) is 33.5 Å². The zero-order chi connectivity index (χ0) is 22.4.